The highest BCUT2D eigenvalue weighted by Crippen LogP contribution is 2.33. The van der Waals surface area contributed by atoms with Crippen molar-refractivity contribution in [1.82, 2.24) is 0 Å². The second kappa shape index (κ2) is 5.41. The van der Waals surface area contributed by atoms with Gasteiger partial charge in [-0.05, 0) is 12.0 Å². The van der Waals surface area contributed by atoms with Crippen molar-refractivity contribution in [3.8, 4) is 17.6 Å². The minimum Gasteiger partial charge on any atom is -0.497 e. The molecule has 1 atom stereocenters. The van der Waals surface area contributed by atoms with Crippen molar-refractivity contribution in [2.24, 2.45) is 5.92 Å². The molecule has 0 saturated carbocycles. The van der Waals surface area contributed by atoms with Crippen LogP contribution in [-0.2, 0) is 0 Å². The third kappa shape index (κ3) is 2.46. The van der Waals surface area contributed by atoms with Gasteiger partial charge < -0.3 is 9.47 Å². The summed E-state index contributed by atoms with van der Waals surface area (Å²) in [4.78, 5) is 0. The number of ether oxygens (including phenoxy) is 2. The molecule has 0 N–H and O–H groups in total. The molecule has 0 amide bonds. The summed E-state index contributed by atoms with van der Waals surface area (Å²) >= 11 is 0. The minimum absolute atomic E-state index is 0.152. The number of rotatable bonds is 4. The maximum absolute atomic E-state index is 9.16. The van der Waals surface area contributed by atoms with E-state index in [0.717, 1.165) is 11.3 Å². The van der Waals surface area contributed by atoms with Crippen LogP contribution in [0.3, 0.4) is 0 Å². The number of benzene rings is 1. The molecule has 1 aromatic carbocycles. The first-order chi connectivity index (χ1) is 7.63. The van der Waals surface area contributed by atoms with Crippen LogP contribution in [0.2, 0.25) is 0 Å². The van der Waals surface area contributed by atoms with E-state index < -0.39 is 0 Å². The SMILES string of the molecule is COc1ccc(C(C#N)C(C)C)c(OC)c1. The highest BCUT2D eigenvalue weighted by molar-refractivity contribution is 5.44. The fraction of sp³-hybridized carbons (Fsp3) is 0.462. The van der Waals surface area contributed by atoms with Crippen molar-refractivity contribution in [1.29, 1.82) is 5.26 Å². The molecule has 0 radical (unpaired) electrons. The summed E-state index contributed by atoms with van der Waals surface area (Å²) in [7, 11) is 3.21. The van der Waals surface area contributed by atoms with Crippen LogP contribution in [0.1, 0.15) is 25.3 Å². The van der Waals surface area contributed by atoms with Gasteiger partial charge in [-0.1, -0.05) is 19.9 Å². The van der Waals surface area contributed by atoms with Crippen molar-refractivity contribution in [3.05, 3.63) is 23.8 Å². The summed E-state index contributed by atoms with van der Waals surface area (Å²) in [5, 5.41) is 9.16. The number of hydrogen-bond donors (Lipinski definition) is 0. The topological polar surface area (TPSA) is 42.2 Å². The van der Waals surface area contributed by atoms with Crippen LogP contribution >= 0.6 is 0 Å². The molecule has 0 aliphatic carbocycles. The molecule has 0 heterocycles. The highest BCUT2D eigenvalue weighted by atomic mass is 16.5. The Morgan fingerprint density at radius 1 is 1.19 bits per heavy atom. The first kappa shape index (κ1) is 12.4. The number of nitrogens with zero attached hydrogens (tertiary/aromatic N) is 1. The summed E-state index contributed by atoms with van der Waals surface area (Å²) in [5.74, 6) is 1.55. The number of nitriles is 1. The Kier molecular flexibility index (Phi) is 4.19. The van der Waals surface area contributed by atoms with Gasteiger partial charge >= 0.3 is 0 Å². The fourth-order valence-corrected chi connectivity index (χ4v) is 1.65. The zero-order valence-electron chi connectivity index (χ0n) is 10.2. The molecule has 3 heteroatoms. The first-order valence-electron chi connectivity index (χ1n) is 5.25. The predicted molar refractivity (Wildman–Crippen MR) is 62.7 cm³/mol. The van der Waals surface area contributed by atoms with E-state index in [0.29, 0.717) is 5.75 Å². The molecule has 0 saturated heterocycles. The van der Waals surface area contributed by atoms with Gasteiger partial charge in [-0.3, -0.25) is 0 Å². The Hall–Kier alpha value is -1.69. The van der Waals surface area contributed by atoms with E-state index in [1.165, 1.54) is 0 Å². The van der Waals surface area contributed by atoms with Gasteiger partial charge in [-0.2, -0.15) is 5.26 Å². The van der Waals surface area contributed by atoms with Crippen LogP contribution in [0.25, 0.3) is 0 Å². The summed E-state index contributed by atoms with van der Waals surface area (Å²) < 4.78 is 10.4. The molecule has 3 nitrogen and oxygen atoms in total. The standard InChI is InChI=1S/C13H17NO2/c1-9(2)12(8-14)11-6-5-10(15-3)7-13(11)16-4/h5-7,9,12H,1-4H3. The van der Waals surface area contributed by atoms with E-state index in [1.807, 2.05) is 32.0 Å². The van der Waals surface area contributed by atoms with Crippen LogP contribution in [0.5, 0.6) is 11.5 Å². The monoisotopic (exact) mass is 219 g/mol. The second-order valence-electron chi connectivity index (χ2n) is 3.96. The Morgan fingerprint density at radius 3 is 2.31 bits per heavy atom. The van der Waals surface area contributed by atoms with Gasteiger partial charge in [0.05, 0.1) is 26.2 Å². The molecule has 16 heavy (non-hydrogen) atoms. The molecular weight excluding hydrogens is 202 g/mol. The zero-order chi connectivity index (χ0) is 12.1. The zero-order valence-corrected chi connectivity index (χ0v) is 10.2. The molecular formula is C13H17NO2. The van der Waals surface area contributed by atoms with E-state index in [9.17, 15) is 0 Å². The van der Waals surface area contributed by atoms with Gasteiger partial charge in [0, 0.05) is 11.6 Å². The molecule has 1 rings (SSSR count). The van der Waals surface area contributed by atoms with Crippen LogP contribution in [0.15, 0.2) is 18.2 Å². The van der Waals surface area contributed by atoms with Crippen LogP contribution in [-0.4, -0.2) is 14.2 Å². The predicted octanol–water partition coefficient (Wildman–Crippen LogP) is 2.97. The van der Waals surface area contributed by atoms with Gasteiger partial charge in [-0.15, -0.1) is 0 Å². The maximum atomic E-state index is 9.16. The quantitative estimate of drug-likeness (QED) is 0.781. The van der Waals surface area contributed by atoms with Crippen LogP contribution < -0.4 is 9.47 Å². The molecule has 0 aliphatic rings. The van der Waals surface area contributed by atoms with Crippen molar-refractivity contribution in [2.45, 2.75) is 19.8 Å². The molecule has 0 aromatic heterocycles. The first-order valence-corrected chi connectivity index (χ1v) is 5.25. The Labute approximate surface area is 96.6 Å². The largest absolute Gasteiger partial charge is 0.497 e. The average Bonchev–Trinajstić information content (AvgIpc) is 2.29. The van der Waals surface area contributed by atoms with Crippen molar-refractivity contribution >= 4 is 0 Å². The summed E-state index contributed by atoms with van der Waals surface area (Å²) in [5.41, 5.74) is 0.917. The van der Waals surface area contributed by atoms with Crippen LogP contribution in [0, 0.1) is 17.2 Å². The third-order valence-electron chi connectivity index (χ3n) is 2.58. The Morgan fingerprint density at radius 2 is 1.88 bits per heavy atom. The molecule has 0 bridgehead atoms. The smallest absolute Gasteiger partial charge is 0.127 e. The fourth-order valence-electron chi connectivity index (χ4n) is 1.65. The average molecular weight is 219 g/mol. The van der Waals surface area contributed by atoms with Gasteiger partial charge in [0.15, 0.2) is 0 Å². The molecule has 86 valence electrons. The van der Waals surface area contributed by atoms with E-state index >= 15 is 0 Å². The van der Waals surface area contributed by atoms with Gasteiger partial charge in [0.1, 0.15) is 11.5 Å². The summed E-state index contributed by atoms with van der Waals surface area (Å²) in [6, 6.07) is 7.86. The lowest BCUT2D eigenvalue weighted by molar-refractivity contribution is 0.387. The molecule has 1 unspecified atom stereocenters. The van der Waals surface area contributed by atoms with Crippen molar-refractivity contribution in [3.63, 3.8) is 0 Å². The number of hydrogen-bond acceptors (Lipinski definition) is 3. The third-order valence-corrected chi connectivity index (χ3v) is 2.58. The Balaban J connectivity index is 3.18. The van der Waals surface area contributed by atoms with E-state index in [-0.39, 0.29) is 11.8 Å². The lowest BCUT2D eigenvalue weighted by atomic mass is 9.89. The lowest BCUT2D eigenvalue weighted by Gasteiger charge is -2.17. The molecule has 0 spiro atoms. The van der Waals surface area contributed by atoms with Gasteiger partial charge in [0.2, 0.25) is 0 Å². The normalized spacial score (nSPS) is 12.0. The molecule has 1 aromatic rings. The van der Waals surface area contributed by atoms with Gasteiger partial charge in [-0.25, -0.2) is 0 Å². The lowest BCUT2D eigenvalue weighted by Crippen LogP contribution is -2.06. The Bertz CT molecular complexity index is 393. The molecule has 0 aliphatic heterocycles. The van der Waals surface area contributed by atoms with E-state index in [2.05, 4.69) is 6.07 Å². The highest BCUT2D eigenvalue weighted by Gasteiger charge is 2.19. The van der Waals surface area contributed by atoms with Crippen LogP contribution in [0.4, 0.5) is 0 Å². The van der Waals surface area contributed by atoms with Gasteiger partial charge in [0.25, 0.3) is 0 Å². The molecule has 0 fully saturated rings. The number of methoxy groups -OCH3 is 2. The van der Waals surface area contributed by atoms with Crippen molar-refractivity contribution in [2.75, 3.05) is 14.2 Å². The van der Waals surface area contributed by atoms with Crippen molar-refractivity contribution < 1.29 is 9.47 Å². The van der Waals surface area contributed by atoms with E-state index in [4.69, 9.17) is 14.7 Å². The minimum atomic E-state index is -0.152. The summed E-state index contributed by atoms with van der Waals surface area (Å²) in [6.07, 6.45) is 0. The van der Waals surface area contributed by atoms with E-state index in [1.54, 1.807) is 14.2 Å². The maximum Gasteiger partial charge on any atom is 0.127 e. The summed E-state index contributed by atoms with van der Waals surface area (Å²) in [6.45, 7) is 4.05. The second-order valence-corrected chi connectivity index (χ2v) is 3.96.